The van der Waals surface area contributed by atoms with Crippen LogP contribution in [0.25, 0.3) is 0 Å². The van der Waals surface area contributed by atoms with Crippen molar-refractivity contribution in [2.75, 3.05) is 7.11 Å². The predicted molar refractivity (Wildman–Crippen MR) is 76.9 cm³/mol. The van der Waals surface area contributed by atoms with Gasteiger partial charge in [0.05, 0.1) is 18.7 Å². The highest BCUT2D eigenvalue weighted by Crippen LogP contribution is 2.49. The molecule has 2 aliphatic carbocycles. The van der Waals surface area contributed by atoms with Gasteiger partial charge in [0.1, 0.15) is 0 Å². The Hall–Kier alpha value is -2.02. The molecule has 3 atom stereocenters. The number of carbonyl (C=O) groups is 1. The molecule has 0 aromatic heterocycles. The Morgan fingerprint density at radius 2 is 2.19 bits per heavy atom. The summed E-state index contributed by atoms with van der Waals surface area (Å²) in [5.41, 5.74) is 0.486. The highest BCUT2D eigenvalue weighted by molar-refractivity contribution is 5.73. The van der Waals surface area contributed by atoms with Crippen LogP contribution in [-0.4, -0.2) is 13.1 Å². The number of hydrogen-bond acceptors (Lipinski definition) is 4. The molecule has 2 bridgehead atoms. The largest absolute Gasteiger partial charge is 0.493 e. The summed E-state index contributed by atoms with van der Waals surface area (Å²) in [6.45, 7) is 0. The summed E-state index contributed by atoms with van der Waals surface area (Å²) in [6, 6.07) is 6.87. The first-order valence-corrected chi connectivity index (χ1v) is 7.48. The minimum absolute atomic E-state index is 0.199. The Kier molecular flexibility index (Phi) is 3.83. The molecule has 0 amide bonds. The molecule has 2 aliphatic rings. The molecule has 0 radical (unpaired) electrons. The van der Waals surface area contributed by atoms with Crippen molar-refractivity contribution in [3.63, 3.8) is 0 Å². The third-order valence-electron chi connectivity index (χ3n) is 4.83. The summed E-state index contributed by atoms with van der Waals surface area (Å²) in [5, 5.41) is 8.87. The molecule has 0 unspecified atom stereocenters. The quantitative estimate of drug-likeness (QED) is 0.629. The summed E-state index contributed by atoms with van der Waals surface area (Å²) >= 11 is 0. The molecule has 0 heterocycles. The third-order valence-corrected chi connectivity index (χ3v) is 4.83. The molecule has 1 aromatic carbocycles. The van der Waals surface area contributed by atoms with E-state index in [0.717, 1.165) is 5.92 Å². The van der Waals surface area contributed by atoms with Gasteiger partial charge in [-0.15, -0.1) is 0 Å². The van der Waals surface area contributed by atoms with E-state index >= 15 is 0 Å². The molecule has 21 heavy (non-hydrogen) atoms. The molecule has 4 nitrogen and oxygen atoms in total. The molecule has 3 rings (SSSR count). The lowest BCUT2D eigenvalue weighted by Crippen LogP contribution is -2.18. The molecule has 0 N–H and O–H groups in total. The zero-order valence-corrected chi connectivity index (χ0v) is 12.2. The van der Waals surface area contributed by atoms with Crippen molar-refractivity contribution in [3.8, 4) is 17.6 Å². The molecule has 1 aromatic rings. The maximum atomic E-state index is 12.1. The van der Waals surface area contributed by atoms with Gasteiger partial charge in [0.25, 0.3) is 0 Å². The number of rotatable bonds is 4. The predicted octanol–water partition coefficient (Wildman–Crippen LogP) is 3.30. The second-order valence-electron chi connectivity index (χ2n) is 6.09. The highest BCUT2D eigenvalue weighted by atomic mass is 16.6. The van der Waals surface area contributed by atoms with Gasteiger partial charge < -0.3 is 9.47 Å². The Balaban J connectivity index is 1.63. The second kappa shape index (κ2) is 5.77. The van der Waals surface area contributed by atoms with E-state index in [4.69, 9.17) is 14.7 Å². The van der Waals surface area contributed by atoms with Crippen LogP contribution >= 0.6 is 0 Å². The van der Waals surface area contributed by atoms with Crippen LogP contribution in [0.5, 0.6) is 11.5 Å². The summed E-state index contributed by atoms with van der Waals surface area (Å²) in [4.78, 5) is 12.1. The van der Waals surface area contributed by atoms with Crippen molar-refractivity contribution in [1.29, 1.82) is 5.26 Å². The molecule has 0 saturated heterocycles. The zero-order chi connectivity index (χ0) is 14.8. The van der Waals surface area contributed by atoms with E-state index in [9.17, 15) is 4.79 Å². The zero-order valence-electron chi connectivity index (χ0n) is 12.2. The number of nitrogens with zero attached hydrogens (tertiary/aromatic N) is 1. The molecule has 110 valence electrons. The fourth-order valence-electron chi connectivity index (χ4n) is 3.83. The van der Waals surface area contributed by atoms with Crippen LogP contribution in [-0.2, 0) is 4.79 Å². The minimum Gasteiger partial charge on any atom is -0.493 e. The Morgan fingerprint density at radius 1 is 1.33 bits per heavy atom. The van der Waals surface area contributed by atoms with E-state index in [1.807, 2.05) is 6.07 Å². The maximum absolute atomic E-state index is 12.1. The van der Waals surface area contributed by atoms with Crippen molar-refractivity contribution in [2.45, 2.75) is 32.1 Å². The van der Waals surface area contributed by atoms with Crippen LogP contribution in [0, 0.1) is 29.1 Å². The summed E-state index contributed by atoms with van der Waals surface area (Å²) < 4.78 is 10.6. The Bertz CT molecular complexity index is 590. The van der Waals surface area contributed by atoms with Crippen molar-refractivity contribution >= 4 is 5.97 Å². The fourth-order valence-corrected chi connectivity index (χ4v) is 3.83. The number of ether oxygens (including phenoxy) is 2. The molecule has 4 heteroatoms. The molecule has 0 aliphatic heterocycles. The van der Waals surface area contributed by atoms with Crippen LogP contribution in [0.15, 0.2) is 18.2 Å². The highest BCUT2D eigenvalue weighted by Gasteiger charge is 2.40. The van der Waals surface area contributed by atoms with Crippen LogP contribution in [0.4, 0.5) is 0 Å². The van der Waals surface area contributed by atoms with E-state index in [1.54, 1.807) is 18.2 Å². The standard InChI is InChI=1S/C17H19NO3/c1-20-16-8-12(10-18)3-5-15(16)21-17(19)9-14-7-11-2-4-13(14)6-11/h3,5,8,11,13-14H,2,4,6-7,9H2,1H3/t11-,13-,14-/m1/s1. The molecular formula is C17H19NO3. The van der Waals surface area contributed by atoms with Gasteiger partial charge in [-0.1, -0.05) is 6.42 Å². The van der Waals surface area contributed by atoms with Crippen molar-refractivity contribution in [3.05, 3.63) is 23.8 Å². The smallest absolute Gasteiger partial charge is 0.311 e. The topological polar surface area (TPSA) is 59.3 Å². The summed E-state index contributed by atoms with van der Waals surface area (Å²) in [7, 11) is 1.50. The van der Waals surface area contributed by atoms with Crippen molar-refractivity contribution in [1.82, 2.24) is 0 Å². The lowest BCUT2D eigenvalue weighted by Gasteiger charge is -2.20. The van der Waals surface area contributed by atoms with Gasteiger partial charge in [0, 0.05) is 12.5 Å². The maximum Gasteiger partial charge on any atom is 0.311 e. The van der Waals surface area contributed by atoms with Crippen LogP contribution in [0.1, 0.15) is 37.7 Å². The van der Waals surface area contributed by atoms with E-state index < -0.39 is 0 Å². The first kappa shape index (κ1) is 13.9. The normalized spacial score (nSPS) is 26.4. The molecule has 2 fully saturated rings. The number of nitriles is 1. The van der Waals surface area contributed by atoms with E-state index in [2.05, 4.69) is 0 Å². The summed E-state index contributed by atoms with van der Waals surface area (Å²) in [5.74, 6) is 2.65. The molecule has 2 saturated carbocycles. The van der Waals surface area contributed by atoms with Gasteiger partial charge >= 0.3 is 5.97 Å². The fraction of sp³-hybridized carbons (Fsp3) is 0.529. The molecule has 0 spiro atoms. The van der Waals surface area contributed by atoms with E-state index in [1.165, 1.54) is 32.8 Å². The van der Waals surface area contributed by atoms with Crippen LogP contribution in [0.2, 0.25) is 0 Å². The Morgan fingerprint density at radius 3 is 2.81 bits per heavy atom. The van der Waals surface area contributed by atoms with E-state index in [-0.39, 0.29) is 5.97 Å². The number of esters is 1. The SMILES string of the molecule is COc1cc(C#N)ccc1OC(=O)C[C@H]1C[C@@H]2CC[C@@H]1C2. The summed E-state index contributed by atoms with van der Waals surface area (Å²) in [6.07, 6.45) is 5.55. The minimum atomic E-state index is -0.199. The lowest BCUT2D eigenvalue weighted by molar-refractivity contribution is -0.136. The number of carbonyl (C=O) groups excluding carboxylic acids is 1. The average molecular weight is 285 g/mol. The van der Waals surface area contributed by atoms with E-state index in [0.29, 0.717) is 35.3 Å². The van der Waals surface area contributed by atoms with Gasteiger partial charge in [-0.2, -0.15) is 5.26 Å². The monoisotopic (exact) mass is 285 g/mol. The van der Waals surface area contributed by atoms with Crippen molar-refractivity contribution < 1.29 is 14.3 Å². The number of methoxy groups -OCH3 is 1. The number of fused-ring (bicyclic) bond motifs is 2. The Labute approximate surface area is 124 Å². The van der Waals surface area contributed by atoms with Gasteiger partial charge in [0.2, 0.25) is 0 Å². The van der Waals surface area contributed by atoms with Crippen LogP contribution in [0.3, 0.4) is 0 Å². The van der Waals surface area contributed by atoms with Gasteiger partial charge in [-0.25, -0.2) is 0 Å². The van der Waals surface area contributed by atoms with Gasteiger partial charge in [0.15, 0.2) is 11.5 Å². The van der Waals surface area contributed by atoms with Gasteiger partial charge in [-0.3, -0.25) is 4.79 Å². The van der Waals surface area contributed by atoms with Crippen LogP contribution < -0.4 is 9.47 Å². The first-order valence-electron chi connectivity index (χ1n) is 7.48. The third kappa shape index (κ3) is 2.87. The molecular weight excluding hydrogens is 266 g/mol. The second-order valence-corrected chi connectivity index (χ2v) is 6.09. The first-order chi connectivity index (χ1) is 10.2. The van der Waals surface area contributed by atoms with Crippen molar-refractivity contribution in [2.24, 2.45) is 17.8 Å². The number of hydrogen-bond donors (Lipinski definition) is 0. The average Bonchev–Trinajstić information content (AvgIpc) is 3.10. The lowest BCUT2D eigenvalue weighted by atomic mass is 9.86. The van der Waals surface area contributed by atoms with Gasteiger partial charge in [-0.05, 0) is 49.1 Å². The number of benzene rings is 1.